The van der Waals surface area contributed by atoms with Crippen LogP contribution >= 0.6 is 0 Å². The molecule has 0 aliphatic rings. The number of benzene rings is 3. The van der Waals surface area contributed by atoms with Crippen LogP contribution in [0, 0.1) is 10.1 Å². The fraction of sp³-hybridized carbons (Fsp3) is 0.0476. The molecule has 0 aromatic heterocycles. The van der Waals surface area contributed by atoms with Crippen LogP contribution in [0.1, 0.15) is 15.9 Å². The Labute approximate surface area is 161 Å². The summed E-state index contributed by atoms with van der Waals surface area (Å²) >= 11 is 0. The van der Waals surface area contributed by atoms with Gasteiger partial charge >= 0.3 is 0 Å². The average Bonchev–Trinajstić information content (AvgIpc) is 2.73. The Balaban J connectivity index is 1.69. The first kappa shape index (κ1) is 18.8. The van der Waals surface area contributed by atoms with Crippen molar-refractivity contribution in [3.63, 3.8) is 0 Å². The van der Waals surface area contributed by atoms with Gasteiger partial charge in [0.1, 0.15) is 0 Å². The molecule has 0 heterocycles. The molecular weight excluding hydrogens is 358 g/mol. The first-order chi connectivity index (χ1) is 13.5. The summed E-state index contributed by atoms with van der Waals surface area (Å²) in [4.78, 5) is 35.3. The van der Waals surface area contributed by atoms with Crippen LogP contribution in [0.3, 0.4) is 0 Å². The summed E-state index contributed by atoms with van der Waals surface area (Å²) < 4.78 is 0. The number of nitro groups is 1. The number of ketones is 1. The van der Waals surface area contributed by atoms with Crippen LogP contribution in [-0.2, 0) is 4.79 Å². The maximum atomic E-state index is 12.7. The zero-order chi connectivity index (χ0) is 19.9. The molecule has 3 aromatic carbocycles. The van der Waals surface area contributed by atoms with Crippen molar-refractivity contribution in [3.8, 4) is 0 Å². The summed E-state index contributed by atoms with van der Waals surface area (Å²) in [6.07, 6.45) is 0. The third-order valence-electron chi connectivity index (χ3n) is 3.99. The van der Waals surface area contributed by atoms with E-state index in [0.29, 0.717) is 22.5 Å². The maximum Gasteiger partial charge on any atom is 0.271 e. The van der Waals surface area contributed by atoms with Crippen molar-refractivity contribution >= 4 is 28.8 Å². The highest BCUT2D eigenvalue weighted by molar-refractivity contribution is 6.14. The topological polar surface area (TPSA) is 101 Å². The van der Waals surface area contributed by atoms with Gasteiger partial charge in [0.15, 0.2) is 5.78 Å². The molecule has 2 N–H and O–H groups in total. The van der Waals surface area contributed by atoms with Gasteiger partial charge in [-0.05, 0) is 18.2 Å². The van der Waals surface area contributed by atoms with Crippen molar-refractivity contribution < 1.29 is 14.5 Å². The molecule has 28 heavy (non-hydrogen) atoms. The summed E-state index contributed by atoms with van der Waals surface area (Å²) in [5.41, 5.74) is 1.71. The summed E-state index contributed by atoms with van der Waals surface area (Å²) in [6, 6.07) is 21.4. The molecule has 0 radical (unpaired) electrons. The van der Waals surface area contributed by atoms with Gasteiger partial charge in [-0.25, -0.2) is 0 Å². The molecule has 0 aliphatic carbocycles. The van der Waals surface area contributed by atoms with Crippen molar-refractivity contribution in [3.05, 3.63) is 100 Å². The van der Waals surface area contributed by atoms with Crippen LogP contribution in [0.15, 0.2) is 78.9 Å². The minimum atomic E-state index is -0.503. The Morgan fingerprint density at radius 1 is 0.893 bits per heavy atom. The second-order valence-electron chi connectivity index (χ2n) is 5.95. The Hall–Kier alpha value is -4.00. The van der Waals surface area contributed by atoms with E-state index in [4.69, 9.17) is 0 Å². The molecule has 7 heteroatoms. The minimum absolute atomic E-state index is 0.0655. The van der Waals surface area contributed by atoms with Crippen LogP contribution in [-0.4, -0.2) is 23.2 Å². The van der Waals surface area contributed by atoms with Crippen molar-refractivity contribution in [1.29, 1.82) is 0 Å². The van der Waals surface area contributed by atoms with Crippen molar-refractivity contribution in [2.45, 2.75) is 0 Å². The Morgan fingerprint density at radius 3 is 2.36 bits per heavy atom. The van der Waals surface area contributed by atoms with E-state index in [9.17, 15) is 19.7 Å². The first-order valence-corrected chi connectivity index (χ1v) is 8.51. The van der Waals surface area contributed by atoms with Gasteiger partial charge in [-0.2, -0.15) is 0 Å². The normalized spacial score (nSPS) is 10.1. The fourth-order valence-corrected chi connectivity index (χ4v) is 2.64. The van der Waals surface area contributed by atoms with Gasteiger partial charge in [-0.15, -0.1) is 0 Å². The molecule has 7 nitrogen and oxygen atoms in total. The Kier molecular flexibility index (Phi) is 5.76. The number of anilines is 2. The van der Waals surface area contributed by atoms with E-state index in [1.54, 1.807) is 54.6 Å². The monoisotopic (exact) mass is 375 g/mol. The van der Waals surface area contributed by atoms with Gasteiger partial charge < -0.3 is 10.6 Å². The van der Waals surface area contributed by atoms with Gasteiger partial charge in [0, 0.05) is 28.9 Å². The number of hydrogen-bond acceptors (Lipinski definition) is 5. The maximum absolute atomic E-state index is 12.7. The molecule has 0 spiro atoms. The van der Waals surface area contributed by atoms with Gasteiger partial charge in [-0.1, -0.05) is 48.5 Å². The zero-order valence-electron chi connectivity index (χ0n) is 14.8. The minimum Gasteiger partial charge on any atom is -0.376 e. The second kappa shape index (κ2) is 8.59. The Bertz CT molecular complexity index is 1020. The number of non-ortho nitro benzene ring substituents is 1. The largest absolute Gasteiger partial charge is 0.376 e. The molecule has 0 bridgehead atoms. The van der Waals surface area contributed by atoms with Gasteiger partial charge in [0.05, 0.1) is 17.2 Å². The lowest BCUT2D eigenvalue weighted by atomic mass is 10.0. The predicted octanol–water partition coefficient (Wildman–Crippen LogP) is 3.88. The number of carbonyl (C=O) groups is 2. The quantitative estimate of drug-likeness (QED) is 0.371. The smallest absolute Gasteiger partial charge is 0.271 e. The number of carbonyl (C=O) groups excluding carboxylic acids is 2. The van der Waals surface area contributed by atoms with E-state index in [1.807, 2.05) is 6.07 Å². The molecular formula is C21H17N3O4. The lowest BCUT2D eigenvalue weighted by molar-refractivity contribution is -0.384. The van der Waals surface area contributed by atoms with E-state index >= 15 is 0 Å². The summed E-state index contributed by atoms with van der Waals surface area (Å²) in [7, 11) is 0. The van der Waals surface area contributed by atoms with E-state index < -0.39 is 4.92 Å². The number of nitro benzene ring substituents is 1. The number of hydrogen-bond donors (Lipinski definition) is 2. The van der Waals surface area contributed by atoms with E-state index in [0.717, 1.165) is 0 Å². The van der Waals surface area contributed by atoms with Crippen LogP contribution < -0.4 is 10.6 Å². The SMILES string of the molecule is O=C(CNc1cccc([N+](=O)[O-])c1)Nc1ccccc1C(=O)c1ccccc1. The van der Waals surface area contributed by atoms with Gasteiger partial charge in [0.2, 0.25) is 5.91 Å². The lowest BCUT2D eigenvalue weighted by Crippen LogP contribution is -2.23. The molecule has 0 saturated carbocycles. The third-order valence-corrected chi connectivity index (χ3v) is 3.99. The predicted molar refractivity (Wildman–Crippen MR) is 107 cm³/mol. The lowest BCUT2D eigenvalue weighted by Gasteiger charge is -2.11. The standard InChI is InChI=1S/C21H17N3O4/c25-20(14-22-16-9-6-10-17(13-16)24(27)28)23-19-12-5-4-11-18(19)21(26)15-7-2-1-3-8-15/h1-13,22H,14H2,(H,23,25). The molecule has 0 atom stereocenters. The second-order valence-corrected chi connectivity index (χ2v) is 5.95. The number of rotatable bonds is 7. The molecule has 0 unspecified atom stereocenters. The van der Waals surface area contributed by atoms with Gasteiger partial charge in [0.25, 0.3) is 5.69 Å². The molecule has 1 amide bonds. The van der Waals surface area contributed by atoms with Crippen LogP contribution in [0.4, 0.5) is 17.1 Å². The molecule has 3 aromatic rings. The summed E-state index contributed by atoms with van der Waals surface area (Å²) in [6.45, 7) is -0.102. The average molecular weight is 375 g/mol. The highest BCUT2D eigenvalue weighted by Gasteiger charge is 2.15. The number of nitrogens with zero attached hydrogens (tertiary/aromatic N) is 1. The number of nitrogens with one attached hydrogen (secondary N) is 2. The summed E-state index contributed by atoms with van der Waals surface area (Å²) in [5.74, 6) is -0.567. The highest BCUT2D eigenvalue weighted by Crippen LogP contribution is 2.20. The number of para-hydroxylation sites is 1. The fourth-order valence-electron chi connectivity index (χ4n) is 2.64. The summed E-state index contributed by atoms with van der Waals surface area (Å²) in [5, 5.41) is 16.4. The molecule has 140 valence electrons. The molecule has 0 saturated heterocycles. The van der Waals surface area contributed by atoms with E-state index in [1.165, 1.54) is 18.2 Å². The molecule has 3 rings (SSSR count). The van der Waals surface area contributed by atoms with E-state index in [-0.39, 0.29) is 23.9 Å². The van der Waals surface area contributed by atoms with Crippen LogP contribution in [0.5, 0.6) is 0 Å². The van der Waals surface area contributed by atoms with Crippen molar-refractivity contribution in [2.75, 3.05) is 17.2 Å². The highest BCUT2D eigenvalue weighted by atomic mass is 16.6. The molecule has 0 aliphatic heterocycles. The van der Waals surface area contributed by atoms with Crippen LogP contribution in [0.25, 0.3) is 0 Å². The van der Waals surface area contributed by atoms with Crippen molar-refractivity contribution in [1.82, 2.24) is 0 Å². The number of amides is 1. The Morgan fingerprint density at radius 2 is 1.61 bits per heavy atom. The zero-order valence-corrected chi connectivity index (χ0v) is 14.8. The third kappa shape index (κ3) is 4.59. The molecule has 0 fully saturated rings. The van der Waals surface area contributed by atoms with Crippen molar-refractivity contribution in [2.24, 2.45) is 0 Å². The van der Waals surface area contributed by atoms with Gasteiger partial charge in [-0.3, -0.25) is 19.7 Å². The first-order valence-electron chi connectivity index (χ1n) is 8.51. The van der Waals surface area contributed by atoms with Crippen LogP contribution in [0.2, 0.25) is 0 Å². The van der Waals surface area contributed by atoms with E-state index in [2.05, 4.69) is 10.6 Å².